The smallest absolute Gasteiger partial charge is 0.343 e. The number of pyridine rings is 3. The summed E-state index contributed by atoms with van der Waals surface area (Å²) < 4.78 is 27.7. The van der Waals surface area contributed by atoms with Crippen LogP contribution in [0.4, 0.5) is 4.39 Å². The van der Waals surface area contributed by atoms with Crippen LogP contribution in [0.3, 0.4) is 0 Å². The molecule has 0 aliphatic carbocycles. The number of benzene rings is 1. The summed E-state index contributed by atoms with van der Waals surface area (Å²) in [5.74, 6) is -0.384. The Kier molecular flexibility index (Phi) is 6.33. The molecule has 0 saturated heterocycles. The van der Waals surface area contributed by atoms with Gasteiger partial charge in [-0.2, -0.15) is 4.57 Å². The summed E-state index contributed by atoms with van der Waals surface area (Å²) >= 11 is 0. The predicted octanol–water partition coefficient (Wildman–Crippen LogP) is -0.411. The molecule has 190 valence electrons. The van der Waals surface area contributed by atoms with E-state index in [1.807, 2.05) is 24.3 Å². The summed E-state index contributed by atoms with van der Waals surface area (Å²) in [5, 5.41) is 11.8. The Balaban J connectivity index is 0.00000280. The Morgan fingerprint density at radius 2 is 2.08 bits per heavy atom. The monoisotopic (exact) mass is 567 g/mol. The van der Waals surface area contributed by atoms with Crippen LogP contribution in [0.15, 0.2) is 59.7 Å². The second-order valence-corrected chi connectivity index (χ2v) is 9.06. The van der Waals surface area contributed by atoms with Gasteiger partial charge in [-0.15, -0.1) is 0 Å². The number of nitrogens with zero attached hydrogens (tertiary/aromatic N) is 3. The Bertz CT molecular complexity index is 1620. The molecular formula is C27H23BrFN3O5. The van der Waals surface area contributed by atoms with Crippen LogP contribution in [0.1, 0.15) is 30.0 Å². The molecule has 0 bridgehead atoms. The molecule has 1 aromatic carbocycles. The standard InChI is InChI=1S/C27H23FN3O5.BrH/c1-2-27(34)21-12-23-24-17(13-31(23)25(32)20(21)15-36-26(27)33)10-16-11-19(5-6-22(16)29-24)35-9-8-30-7-3-4-18(28)14-30;/h3-7,10-12,14,34H,2,8-9,13,15H2,1H3;1H/q+1;/p-1/t27-;/m0./s1. The lowest BCUT2D eigenvalue weighted by Crippen LogP contribution is -3.00. The molecule has 2 aliphatic rings. The Morgan fingerprint density at radius 3 is 2.86 bits per heavy atom. The Labute approximate surface area is 221 Å². The lowest BCUT2D eigenvalue weighted by molar-refractivity contribution is -0.698. The third-order valence-corrected chi connectivity index (χ3v) is 6.92. The van der Waals surface area contributed by atoms with Crippen LogP contribution in [0.25, 0.3) is 22.3 Å². The van der Waals surface area contributed by atoms with Gasteiger partial charge in [-0.05, 0) is 42.8 Å². The van der Waals surface area contributed by atoms with Crippen LogP contribution in [0, 0.1) is 5.82 Å². The first-order valence-corrected chi connectivity index (χ1v) is 11.8. The molecule has 0 radical (unpaired) electrons. The van der Waals surface area contributed by atoms with Crippen molar-refractivity contribution in [3.05, 3.63) is 87.7 Å². The van der Waals surface area contributed by atoms with Crippen LogP contribution in [-0.4, -0.2) is 27.2 Å². The highest BCUT2D eigenvalue weighted by Gasteiger charge is 2.45. The molecule has 8 nitrogen and oxygen atoms in total. The fourth-order valence-corrected chi connectivity index (χ4v) is 4.95. The third-order valence-electron chi connectivity index (χ3n) is 6.92. The lowest BCUT2D eigenvalue weighted by Gasteiger charge is -2.31. The minimum Gasteiger partial charge on any atom is -1.00 e. The lowest BCUT2D eigenvalue weighted by atomic mass is 9.86. The molecule has 4 aromatic rings. The number of fused-ring (bicyclic) bond motifs is 5. The molecule has 0 saturated carbocycles. The number of carbonyl (C=O) groups is 1. The molecule has 0 spiro atoms. The van der Waals surface area contributed by atoms with E-state index in [9.17, 15) is 19.1 Å². The summed E-state index contributed by atoms with van der Waals surface area (Å²) in [6.45, 7) is 2.72. The van der Waals surface area contributed by atoms with Crippen LogP contribution in [0.2, 0.25) is 0 Å². The van der Waals surface area contributed by atoms with E-state index in [4.69, 9.17) is 14.5 Å². The number of hydrogen-bond acceptors (Lipinski definition) is 6. The van der Waals surface area contributed by atoms with Crippen molar-refractivity contribution in [1.82, 2.24) is 9.55 Å². The van der Waals surface area contributed by atoms with E-state index in [1.54, 1.807) is 34.4 Å². The van der Waals surface area contributed by atoms with Crippen molar-refractivity contribution >= 4 is 16.9 Å². The van der Waals surface area contributed by atoms with Gasteiger partial charge in [-0.3, -0.25) is 4.79 Å². The molecule has 6 rings (SSSR count). The van der Waals surface area contributed by atoms with Gasteiger partial charge in [-0.25, -0.2) is 14.2 Å². The highest BCUT2D eigenvalue weighted by molar-refractivity contribution is 5.87. The minimum absolute atomic E-state index is 0. The average Bonchev–Trinajstić information content (AvgIpc) is 3.23. The van der Waals surface area contributed by atoms with Gasteiger partial charge < -0.3 is 36.1 Å². The van der Waals surface area contributed by atoms with Crippen LogP contribution in [0.5, 0.6) is 5.75 Å². The Morgan fingerprint density at radius 1 is 1.24 bits per heavy atom. The summed E-state index contributed by atoms with van der Waals surface area (Å²) in [7, 11) is 0. The zero-order valence-electron chi connectivity index (χ0n) is 19.9. The fraction of sp³-hybridized carbons (Fsp3) is 0.259. The second kappa shape index (κ2) is 9.35. The first kappa shape index (κ1) is 25.0. The van der Waals surface area contributed by atoms with E-state index >= 15 is 0 Å². The molecule has 37 heavy (non-hydrogen) atoms. The Hall–Kier alpha value is -3.63. The van der Waals surface area contributed by atoms with Crippen LogP contribution < -0.4 is 31.8 Å². The van der Waals surface area contributed by atoms with Crippen molar-refractivity contribution in [1.29, 1.82) is 0 Å². The van der Waals surface area contributed by atoms with E-state index < -0.39 is 11.6 Å². The van der Waals surface area contributed by atoms with Crippen molar-refractivity contribution in [3.63, 3.8) is 0 Å². The van der Waals surface area contributed by atoms with Gasteiger partial charge in [0.25, 0.3) is 5.56 Å². The number of cyclic esters (lactones) is 1. The maximum atomic E-state index is 13.4. The van der Waals surface area contributed by atoms with Gasteiger partial charge in [0.2, 0.25) is 6.20 Å². The first-order chi connectivity index (χ1) is 17.4. The first-order valence-electron chi connectivity index (χ1n) is 11.8. The van der Waals surface area contributed by atoms with Gasteiger partial charge in [-0.1, -0.05) is 6.92 Å². The molecule has 2 aliphatic heterocycles. The molecule has 1 N–H and O–H groups in total. The van der Waals surface area contributed by atoms with E-state index in [-0.39, 0.29) is 41.4 Å². The fourth-order valence-electron chi connectivity index (χ4n) is 4.95. The maximum absolute atomic E-state index is 13.4. The summed E-state index contributed by atoms with van der Waals surface area (Å²) in [6.07, 6.45) is 3.29. The zero-order valence-corrected chi connectivity index (χ0v) is 21.5. The van der Waals surface area contributed by atoms with Gasteiger partial charge in [0.05, 0.1) is 29.0 Å². The second-order valence-electron chi connectivity index (χ2n) is 9.06. The molecule has 3 aromatic heterocycles. The van der Waals surface area contributed by atoms with Gasteiger partial charge in [0, 0.05) is 22.6 Å². The summed E-state index contributed by atoms with van der Waals surface area (Å²) in [6, 6.07) is 12.3. The quantitative estimate of drug-likeness (QED) is 0.229. The van der Waals surface area contributed by atoms with Crippen LogP contribution >= 0.6 is 0 Å². The van der Waals surface area contributed by atoms with Crippen molar-refractivity contribution in [2.75, 3.05) is 6.61 Å². The topological polar surface area (TPSA) is 94.5 Å². The maximum Gasteiger partial charge on any atom is 0.343 e. The van der Waals surface area contributed by atoms with Gasteiger partial charge in [0.15, 0.2) is 24.2 Å². The normalized spacial score (nSPS) is 17.4. The van der Waals surface area contributed by atoms with E-state index in [0.717, 1.165) is 16.5 Å². The number of aromatic nitrogens is 3. The van der Waals surface area contributed by atoms with Gasteiger partial charge in [0.1, 0.15) is 19.0 Å². The molecule has 0 fully saturated rings. The summed E-state index contributed by atoms with van der Waals surface area (Å²) in [4.78, 5) is 30.4. The molecular weight excluding hydrogens is 545 g/mol. The van der Waals surface area contributed by atoms with E-state index in [1.165, 1.54) is 12.3 Å². The third kappa shape index (κ3) is 4.10. The molecule has 5 heterocycles. The number of aliphatic hydroxyl groups is 1. The number of hydrogen-bond donors (Lipinski definition) is 1. The van der Waals surface area contributed by atoms with Crippen molar-refractivity contribution < 1.29 is 45.3 Å². The minimum atomic E-state index is -1.85. The molecule has 1 atom stereocenters. The van der Waals surface area contributed by atoms with Gasteiger partial charge >= 0.3 is 5.97 Å². The predicted molar refractivity (Wildman–Crippen MR) is 127 cm³/mol. The number of halogens is 2. The summed E-state index contributed by atoms with van der Waals surface area (Å²) in [5.41, 5.74) is 1.27. The van der Waals surface area contributed by atoms with E-state index in [2.05, 4.69) is 0 Å². The highest BCUT2D eigenvalue weighted by Crippen LogP contribution is 2.38. The highest BCUT2D eigenvalue weighted by atomic mass is 79.9. The van der Waals surface area contributed by atoms with Crippen LogP contribution in [-0.2, 0) is 34.8 Å². The largest absolute Gasteiger partial charge is 1.00 e. The SMILES string of the molecule is CC[C@@]1(O)C(=O)OCc2c1cc1n(c2=O)Cc2cc3cc(OCC[n+]4cccc(F)c4)ccc3nc2-1.[Br-]. The van der Waals surface area contributed by atoms with Crippen molar-refractivity contribution in [3.8, 4) is 17.1 Å². The van der Waals surface area contributed by atoms with E-state index in [0.29, 0.717) is 48.0 Å². The molecule has 0 amide bonds. The van der Waals surface area contributed by atoms with Crippen molar-refractivity contribution in [2.45, 2.75) is 38.6 Å². The number of esters is 1. The zero-order chi connectivity index (χ0) is 25.0. The molecule has 10 heteroatoms. The number of rotatable bonds is 5. The average molecular weight is 568 g/mol. The number of carbonyl (C=O) groups excluding carboxylic acids is 1. The van der Waals surface area contributed by atoms with Crippen molar-refractivity contribution in [2.24, 2.45) is 0 Å². The number of ether oxygens (including phenoxy) is 2. The molecule has 0 unspecified atom stereocenters.